The Hall–Kier alpha value is -2.08. The van der Waals surface area contributed by atoms with Crippen LogP contribution in [0.1, 0.15) is 44.1 Å². The topological polar surface area (TPSA) is 59.1 Å². The van der Waals surface area contributed by atoms with Gasteiger partial charge in [0.15, 0.2) is 0 Å². The lowest BCUT2D eigenvalue weighted by atomic mass is 9.73. The van der Waals surface area contributed by atoms with Crippen molar-refractivity contribution in [3.05, 3.63) is 29.8 Å². The van der Waals surface area contributed by atoms with Gasteiger partial charge in [-0.25, -0.2) is 0 Å². The number of likely N-dealkylation sites (tertiary alicyclic amines) is 2. The Balaban J connectivity index is 1.48. The SMILES string of the molecule is COCCN1C[C@]2(CCCN(C(=O)C3(c4ccc(OC)cc4)CC3)C2)CCC1=O. The van der Waals surface area contributed by atoms with Crippen molar-refractivity contribution >= 4 is 11.8 Å². The lowest BCUT2D eigenvalue weighted by molar-refractivity contribution is -0.144. The molecule has 3 fully saturated rings. The second-order valence-corrected chi connectivity index (χ2v) is 8.95. The molecule has 6 heteroatoms. The second-order valence-electron chi connectivity index (χ2n) is 8.95. The normalized spacial score (nSPS) is 25.9. The van der Waals surface area contributed by atoms with Crippen LogP contribution in [0.25, 0.3) is 0 Å². The average molecular weight is 401 g/mol. The summed E-state index contributed by atoms with van der Waals surface area (Å²) >= 11 is 0. The summed E-state index contributed by atoms with van der Waals surface area (Å²) in [6, 6.07) is 7.96. The fourth-order valence-corrected chi connectivity index (χ4v) is 5.19. The summed E-state index contributed by atoms with van der Waals surface area (Å²) in [4.78, 5) is 29.9. The van der Waals surface area contributed by atoms with Crippen LogP contribution < -0.4 is 4.74 Å². The third-order valence-electron chi connectivity index (χ3n) is 7.06. The Morgan fingerprint density at radius 3 is 2.48 bits per heavy atom. The van der Waals surface area contributed by atoms with Crippen molar-refractivity contribution in [1.29, 1.82) is 0 Å². The van der Waals surface area contributed by atoms with Gasteiger partial charge in [0.05, 0.1) is 19.1 Å². The number of piperidine rings is 2. The van der Waals surface area contributed by atoms with E-state index in [0.29, 0.717) is 19.6 Å². The first-order chi connectivity index (χ1) is 14.0. The molecule has 2 heterocycles. The Morgan fingerprint density at radius 2 is 1.83 bits per heavy atom. The van der Waals surface area contributed by atoms with E-state index in [2.05, 4.69) is 4.90 Å². The van der Waals surface area contributed by atoms with E-state index in [0.717, 1.165) is 63.1 Å². The number of hydrogen-bond acceptors (Lipinski definition) is 4. The number of carbonyl (C=O) groups is 2. The van der Waals surface area contributed by atoms with Gasteiger partial charge in [-0.1, -0.05) is 12.1 Å². The Morgan fingerprint density at radius 1 is 1.07 bits per heavy atom. The average Bonchev–Trinajstić information content (AvgIpc) is 3.56. The van der Waals surface area contributed by atoms with Gasteiger partial charge >= 0.3 is 0 Å². The molecule has 0 aromatic heterocycles. The lowest BCUT2D eigenvalue weighted by Crippen LogP contribution is -2.56. The third kappa shape index (κ3) is 3.87. The molecule has 4 rings (SSSR count). The minimum absolute atomic E-state index is 0.0333. The number of amides is 2. The molecule has 3 aliphatic rings. The summed E-state index contributed by atoms with van der Waals surface area (Å²) in [5.74, 6) is 1.30. The molecule has 29 heavy (non-hydrogen) atoms. The molecule has 2 aliphatic heterocycles. The number of hydrogen-bond donors (Lipinski definition) is 0. The summed E-state index contributed by atoms with van der Waals surface area (Å²) in [7, 11) is 3.32. The second kappa shape index (κ2) is 7.98. The molecule has 1 aliphatic carbocycles. The van der Waals surface area contributed by atoms with E-state index >= 15 is 0 Å². The van der Waals surface area contributed by atoms with E-state index in [1.54, 1.807) is 14.2 Å². The van der Waals surface area contributed by atoms with Crippen molar-refractivity contribution in [2.24, 2.45) is 5.41 Å². The van der Waals surface area contributed by atoms with E-state index in [1.807, 2.05) is 29.2 Å². The number of benzene rings is 1. The number of ether oxygens (including phenoxy) is 2. The van der Waals surface area contributed by atoms with Gasteiger partial charge in [-0.2, -0.15) is 0 Å². The van der Waals surface area contributed by atoms with Crippen molar-refractivity contribution in [2.75, 3.05) is 47.0 Å². The van der Waals surface area contributed by atoms with Gasteiger partial charge < -0.3 is 19.3 Å². The molecule has 1 atom stereocenters. The van der Waals surface area contributed by atoms with Gasteiger partial charge in [0.25, 0.3) is 0 Å². The molecule has 1 saturated carbocycles. The van der Waals surface area contributed by atoms with Gasteiger partial charge in [-0.3, -0.25) is 9.59 Å². The maximum atomic E-state index is 13.6. The van der Waals surface area contributed by atoms with E-state index < -0.39 is 0 Å². The third-order valence-corrected chi connectivity index (χ3v) is 7.06. The van der Waals surface area contributed by atoms with E-state index in [4.69, 9.17) is 9.47 Å². The summed E-state index contributed by atoms with van der Waals surface area (Å²) in [5, 5.41) is 0. The standard InChI is InChI=1S/C23H32N2O4/c1-28-15-14-24-16-22(10-8-20(24)26)9-3-13-25(17-22)21(27)23(11-12-23)18-4-6-19(29-2)7-5-18/h4-7H,3,8-17H2,1-2H3/t22-/m0/s1. The minimum Gasteiger partial charge on any atom is -0.497 e. The number of nitrogens with zero attached hydrogens (tertiary/aromatic N) is 2. The molecule has 6 nitrogen and oxygen atoms in total. The molecular weight excluding hydrogens is 368 g/mol. The highest BCUT2D eigenvalue weighted by molar-refractivity contribution is 5.91. The summed E-state index contributed by atoms with van der Waals surface area (Å²) < 4.78 is 10.4. The Labute approximate surface area is 173 Å². The van der Waals surface area contributed by atoms with E-state index in [-0.39, 0.29) is 22.6 Å². The maximum absolute atomic E-state index is 13.6. The smallest absolute Gasteiger partial charge is 0.233 e. The van der Waals surface area contributed by atoms with Crippen LogP contribution >= 0.6 is 0 Å². The van der Waals surface area contributed by atoms with Gasteiger partial charge in [0.1, 0.15) is 5.75 Å². The fraction of sp³-hybridized carbons (Fsp3) is 0.652. The predicted octanol–water partition coefficient (Wildman–Crippen LogP) is 2.60. The van der Waals surface area contributed by atoms with Crippen LogP contribution in [-0.2, 0) is 19.7 Å². The van der Waals surface area contributed by atoms with Crippen LogP contribution in [-0.4, -0.2) is 68.6 Å². The molecule has 2 saturated heterocycles. The zero-order chi connectivity index (χ0) is 20.5. The molecule has 1 aromatic rings. The zero-order valence-corrected chi connectivity index (χ0v) is 17.6. The van der Waals surface area contributed by atoms with Gasteiger partial charge in [0, 0.05) is 45.1 Å². The van der Waals surface area contributed by atoms with Crippen LogP contribution in [0.3, 0.4) is 0 Å². The van der Waals surface area contributed by atoms with Crippen molar-refractivity contribution < 1.29 is 19.1 Å². The number of methoxy groups -OCH3 is 2. The summed E-state index contributed by atoms with van der Waals surface area (Å²) in [6.07, 6.45) is 5.39. The maximum Gasteiger partial charge on any atom is 0.233 e. The van der Waals surface area contributed by atoms with E-state index in [1.165, 1.54) is 0 Å². The highest BCUT2D eigenvalue weighted by Gasteiger charge is 2.54. The molecule has 0 unspecified atom stereocenters. The Kier molecular flexibility index (Phi) is 5.56. The number of carbonyl (C=O) groups excluding carboxylic acids is 2. The summed E-state index contributed by atoms with van der Waals surface area (Å²) in [6.45, 7) is 3.53. The largest absolute Gasteiger partial charge is 0.497 e. The van der Waals surface area contributed by atoms with Crippen molar-refractivity contribution in [2.45, 2.75) is 43.9 Å². The molecule has 0 radical (unpaired) electrons. The molecule has 1 aromatic carbocycles. The van der Waals surface area contributed by atoms with Crippen molar-refractivity contribution in [3.63, 3.8) is 0 Å². The first-order valence-electron chi connectivity index (χ1n) is 10.7. The highest BCUT2D eigenvalue weighted by Crippen LogP contribution is 2.51. The van der Waals surface area contributed by atoms with Crippen LogP contribution in [0.15, 0.2) is 24.3 Å². The molecule has 2 amide bonds. The minimum atomic E-state index is -0.356. The monoisotopic (exact) mass is 400 g/mol. The quantitative estimate of drug-likeness (QED) is 0.737. The van der Waals surface area contributed by atoms with Gasteiger partial charge in [-0.05, 0) is 49.8 Å². The van der Waals surface area contributed by atoms with Crippen LogP contribution in [0, 0.1) is 5.41 Å². The molecule has 1 spiro atoms. The lowest BCUT2D eigenvalue weighted by Gasteiger charge is -2.48. The highest BCUT2D eigenvalue weighted by atomic mass is 16.5. The van der Waals surface area contributed by atoms with Crippen LogP contribution in [0.4, 0.5) is 0 Å². The fourth-order valence-electron chi connectivity index (χ4n) is 5.19. The molecule has 0 bridgehead atoms. The van der Waals surface area contributed by atoms with Crippen LogP contribution in [0.5, 0.6) is 5.75 Å². The first kappa shape index (κ1) is 20.2. The zero-order valence-electron chi connectivity index (χ0n) is 17.6. The predicted molar refractivity (Wildman–Crippen MR) is 110 cm³/mol. The Bertz CT molecular complexity index is 759. The molecule has 158 valence electrons. The summed E-state index contributed by atoms with van der Waals surface area (Å²) in [5.41, 5.74) is 0.778. The van der Waals surface area contributed by atoms with Crippen molar-refractivity contribution in [3.8, 4) is 5.75 Å². The van der Waals surface area contributed by atoms with Crippen molar-refractivity contribution in [1.82, 2.24) is 9.80 Å². The molecule has 0 N–H and O–H groups in total. The van der Waals surface area contributed by atoms with Crippen LogP contribution in [0.2, 0.25) is 0 Å². The number of rotatable bonds is 6. The van der Waals surface area contributed by atoms with Gasteiger partial charge in [-0.15, -0.1) is 0 Å². The van der Waals surface area contributed by atoms with Gasteiger partial charge in [0.2, 0.25) is 11.8 Å². The van der Waals surface area contributed by atoms with E-state index in [9.17, 15) is 9.59 Å². The molecular formula is C23H32N2O4. The first-order valence-corrected chi connectivity index (χ1v) is 10.7.